The van der Waals surface area contributed by atoms with Gasteiger partial charge < -0.3 is 10.4 Å². The van der Waals surface area contributed by atoms with E-state index in [1.165, 1.54) is 19.1 Å². The molecule has 0 saturated carbocycles. The van der Waals surface area contributed by atoms with Crippen LogP contribution in [0.3, 0.4) is 0 Å². The summed E-state index contributed by atoms with van der Waals surface area (Å²) in [7, 11) is -3.66. The second kappa shape index (κ2) is 9.33. The zero-order valence-electron chi connectivity index (χ0n) is 15.3. The number of hydrogen-bond donors (Lipinski definition) is 2. The van der Waals surface area contributed by atoms with Gasteiger partial charge in [-0.15, -0.1) is 0 Å². The van der Waals surface area contributed by atoms with Gasteiger partial charge >= 0.3 is 6.09 Å². The Morgan fingerprint density at radius 2 is 1.79 bits per heavy atom. The van der Waals surface area contributed by atoms with Crippen LogP contribution in [0.2, 0.25) is 0 Å². The molecule has 148 valence electrons. The summed E-state index contributed by atoms with van der Waals surface area (Å²) in [6, 6.07) is 13.2. The minimum Gasteiger partial charge on any atom is -0.465 e. The maximum absolute atomic E-state index is 13.0. The second-order valence-corrected chi connectivity index (χ2v) is 8.88. The Balaban J connectivity index is 2.10. The van der Waals surface area contributed by atoms with Gasteiger partial charge in [0.1, 0.15) is 5.82 Å². The first kappa shape index (κ1) is 21.4. The van der Waals surface area contributed by atoms with Gasteiger partial charge in [0.25, 0.3) is 0 Å². The zero-order valence-corrected chi connectivity index (χ0v) is 16.1. The van der Waals surface area contributed by atoms with Gasteiger partial charge in [-0.2, -0.15) is 5.26 Å². The minimum atomic E-state index is -3.66. The van der Waals surface area contributed by atoms with Crippen LogP contribution in [-0.4, -0.2) is 31.4 Å². The van der Waals surface area contributed by atoms with Crippen molar-refractivity contribution in [2.45, 2.75) is 31.1 Å². The first-order valence-corrected chi connectivity index (χ1v) is 10.4. The Labute approximate surface area is 163 Å². The molecule has 0 aromatic heterocycles. The van der Waals surface area contributed by atoms with Crippen molar-refractivity contribution in [2.24, 2.45) is 0 Å². The van der Waals surface area contributed by atoms with Gasteiger partial charge in [0.05, 0.1) is 22.6 Å². The molecule has 2 atom stereocenters. The molecule has 28 heavy (non-hydrogen) atoms. The van der Waals surface area contributed by atoms with Crippen LogP contribution in [0.4, 0.5) is 9.18 Å². The fourth-order valence-electron chi connectivity index (χ4n) is 2.82. The van der Waals surface area contributed by atoms with Crippen molar-refractivity contribution in [3.63, 3.8) is 0 Å². The molecule has 0 aliphatic carbocycles. The van der Waals surface area contributed by atoms with Crippen molar-refractivity contribution < 1.29 is 22.7 Å². The molecule has 6 nitrogen and oxygen atoms in total. The van der Waals surface area contributed by atoms with Crippen molar-refractivity contribution in [1.29, 1.82) is 5.26 Å². The lowest BCUT2D eigenvalue weighted by Crippen LogP contribution is -2.40. The summed E-state index contributed by atoms with van der Waals surface area (Å²) < 4.78 is 38.6. The maximum Gasteiger partial charge on any atom is 0.404 e. The van der Waals surface area contributed by atoms with Crippen molar-refractivity contribution in [1.82, 2.24) is 5.32 Å². The standard InChI is InChI=1S/C20H21FN2O4S/c1-14(17-7-2-16(12-22)3-8-17)28(26,27)13-19(23-20(24)25)11-6-15-4-9-18(21)10-5-15/h2-5,7-10,14,19,23H,6,11,13H2,1H3,(H,24,25)/t14-,19-/m0/s1. The number of benzene rings is 2. The van der Waals surface area contributed by atoms with E-state index in [4.69, 9.17) is 10.4 Å². The predicted octanol–water partition coefficient (Wildman–Crippen LogP) is 3.44. The highest BCUT2D eigenvalue weighted by Crippen LogP contribution is 2.24. The first-order valence-electron chi connectivity index (χ1n) is 8.67. The number of sulfone groups is 1. The SMILES string of the molecule is C[C@@H](c1ccc(C#N)cc1)S(=O)(=O)C[C@H](CCc1ccc(F)cc1)NC(=O)O. The third-order valence-corrected chi connectivity index (χ3v) is 6.72. The number of nitriles is 1. The van der Waals surface area contributed by atoms with Crippen LogP contribution in [0.25, 0.3) is 0 Å². The van der Waals surface area contributed by atoms with Gasteiger partial charge in [-0.1, -0.05) is 24.3 Å². The monoisotopic (exact) mass is 404 g/mol. The molecule has 2 aromatic rings. The number of nitrogens with one attached hydrogen (secondary N) is 1. The summed E-state index contributed by atoms with van der Waals surface area (Å²) in [5.41, 5.74) is 1.75. The highest BCUT2D eigenvalue weighted by molar-refractivity contribution is 7.91. The van der Waals surface area contributed by atoms with Crippen molar-refractivity contribution >= 4 is 15.9 Å². The Bertz CT molecular complexity index is 951. The van der Waals surface area contributed by atoms with Gasteiger partial charge in [0, 0.05) is 6.04 Å². The summed E-state index contributed by atoms with van der Waals surface area (Å²) >= 11 is 0. The summed E-state index contributed by atoms with van der Waals surface area (Å²) in [4.78, 5) is 11.1. The van der Waals surface area contributed by atoms with Gasteiger partial charge in [0.2, 0.25) is 0 Å². The van der Waals surface area contributed by atoms with E-state index in [0.717, 1.165) is 5.56 Å². The molecule has 0 unspecified atom stereocenters. The molecule has 1 amide bonds. The van der Waals surface area contributed by atoms with Crippen LogP contribution in [0.15, 0.2) is 48.5 Å². The molecule has 2 rings (SSSR count). The van der Waals surface area contributed by atoms with Crippen molar-refractivity contribution in [3.8, 4) is 6.07 Å². The minimum absolute atomic E-state index is 0.261. The van der Waals surface area contributed by atoms with Crippen LogP contribution in [-0.2, 0) is 16.3 Å². The van der Waals surface area contributed by atoms with Gasteiger partial charge in [0.15, 0.2) is 9.84 Å². The Hall–Kier alpha value is -2.92. The molecule has 2 aromatic carbocycles. The Kier molecular flexibility index (Phi) is 7.12. The molecule has 0 aliphatic rings. The third-order valence-electron chi connectivity index (χ3n) is 4.50. The highest BCUT2D eigenvalue weighted by atomic mass is 32.2. The van der Waals surface area contributed by atoms with Crippen LogP contribution < -0.4 is 5.32 Å². The summed E-state index contributed by atoms with van der Waals surface area (Å²) in [5, 5.41) is 19.3. The number of hydrogen-bond acceptors (Lipinski definition) is 4. The largest absolute Gasteiger partial charge is 0.465 e. The van der Waals surface area contributed by atoms with Gasteiger partial charge in [-0.3, -0.25) is 0 Å². The normalized spacial score (nSPS) is 13.3. The van der Waals surface area contributed by atoms with Crippen LogP contribution in [0.5, 0.6) is 0 Å². The summed E-state index contributed by atoms with van der Waals surface area (Å²) in [5.74, 6) is -0.732. The second-order valence-electron chi connectivity index (χ2n) is 6.52. The Morgan fingerprint density at radius 1 is 1.18 bits per heavy atom. The molecule has 8 heteroatoms. The molecule has 0 bridgehead atoms. The number of carbonyl (C=O) groups is 1. The van der Waals surface area contributed by atoms with E-state index in [2.05, 4.69) is 5.32 Å². The molecule has 0 fully saturated rings. The summed E-state index contributed by atoms with van der Waals surface area (Å²) in [6.07, 6.45) is -0.631. The molecule has 0 radical (unpaired) electrons. The number of halogens is 1. The number of aryl methyl sites for hydroxylation is 1. The topological polar surface area (TPSA) is 107 Å². The average molecular weight is 404 g/mol. The van der Waals surface area contributed by atoms with E-state index < -0.39 is 27.2 Å². The van der Waals surface area contributed by atoms with E-state index in [1.54, 1.807) is 36.4 Å². The average Bonchev–Trinajstić information content (AvgIpc) is 2.66. The van der Waals surface area contributed by atoms with E-state index in [1.807, 2.05) is 6.07 Å². The Morgan fingerprint density at radius 3 is 2.32 bits per heavy atom. The van der Waals surface area contributed by atoms with E-state index in [0.29, 0.717) is 17.5 Å². The van der Waals surface area contributed by atoms with Crippen LogP contribution in [0, 0.1) is 17.1 Å². The van der Waals surface area contributed by atoms with Crippen LogP contribution in [0.1, 0.15) is 35.3 Å². The predicted molar refractivity (Wildman–Crippen MR) is 103 cm³/mol. The number of rotatable bonds is 8. The lowest BCUT2D eigenvalue weighted by atomic mass is 10.1. The van der Waals surface area contributed by atoms with E-state index >= 15 is 0 Å². The van der Waals surface area contributed by atoms with E-state index in [9.17, 15) is 17.6 Å². The van der Waals surface area contributed by atoms with Crippen LogP contribution >= 0.6 is 0 Å². The smallest absolute Gasteiger partial charge is 0.404 e. The van der Waals surface area contributed by atoms with Crippen molar-refractivity contribution in [3.05, 3.63) is 71.0 Å². The molecular weight excluding hydrogens is 383 g/mol. The van der Waals surface area contributed by atoms with E-state index in [-0.39, 0.29) is 18.0 Å². The fraction of sp³-hybridized carbons (Fsp3) is 0.300. The van der Waals surface area contributed by atoms with Gasteiger partial charge in [-0.25, -0.2) is 17.6 Å². The maximum atomic E-state index is 13.0. The molecule has 0 saturated heterocycles. The molecule has 0 aliphatic heterocycles. The number of amides is 1. The number of nitrogens with zero attached hydrogens (tertiary/aromatic N) is 1. The quantitative estimate of drug-likeness (QED) is 0.701. The molecule has 0 heterocycles. The lowest BCUT2D eigenvalue weighted by molar-refractivity contribution is 0.190. The molecule has 0 spiro atoms. The first-order chi connectivity index (χ1) is 13.2. The highest BCUT2D eigenvalue weighted by Gasteiger charge is 2.27. The lowest BCUT2D eigenvalue weighted by Gasteiger charge is -2.20. The fourth-order valence-corrected chi connectivity index (χ4v) is 4.50. The molecular formula is C20H21FN2O4S. The molecule has 2 N–H and O–H groups in total. The number of carboxylic acid groups (broad SMARTS) is 1. The van der Waals surface area contributed by atoms with Gasteiger partial charge in [-0.05, 0) is 55.2 Å². The third kappa shape index (κ3) is 6.06. The summed E-state index contributed by atoms with van der Waals surface area (Å²) in [6.45, 7) is 1.54. The van der Waals surface area contributed by atoms with Crippen molar-refractivity contribution in [2.75, 3.05) is 5.75 Å². The zero-order chi connectivity index (χ0) is 20.7.